The maximum absolute atomic E-state index is 12.6. The number of methoxy groups -OCH3 is 1. The molecular weight excluding hydrogens is 426 g/mol. The number of nitrogens with zero attached hydrogens (tertiary/aromatic N) is 2. The van der Waals surface area contributed by atoms with Gasteiger partial charge in [-0.15, -0.1) is 0 Å². The van der Waals surface area contributed by atoms with Crippen LogP contribution >= 0.6 is 0 Å². The Hall–Kier alpha value is -3.13. The van der Waals surface area contributed by atoms with Gasteiger partial charge in [0, 0.05) is 18.1 Å². The number of amides is 1. The van der Waals surface area contributed by atoms with Crippen molar-refractivity contribution in [3.63, 3.8) is 0 Å². The van der Waals surface area contributed by atoms with E-state index in [1.165, 1.54) is 0 Å². The second-order valence-electron chi connectivity index (χ2n) is 8.17. The highest BCUT2D eigenvalue weighted by Gasteiger charge is 2.19. The van der Waals surface area contributed by atoms with Gasteiger partial charge >= 0.3 is 0 Å². The Morgan fingerprint density at radius 3 is 2.47 bits per heavy atom. The van der Waals surface area contributed by atoms with Crippen molar-refractivity contribution in [2.24, 2.45) is 5.92 Å². The molecule has 0 fully saturated rings. The van der Waals surface area contributed by atoms with Crippen molar-refractivity contribution in [1.29, 1.82) is 0 Å². The van der Waals surface area contributed by atoms with E-state index in [0.717, 1.165) is 16.8 Å². The molecule has 0 unspecified atom stereocenters. The summed E-state index contributed by atoms with van der Waals surface area (Å²) < 4.78 is 31.4. The zero-order chi connectivity index (χ0) is 23.3. The molecule has 0 radical (unpaired) electrons. The van der Waals surface area contributed by atoms with Gasteiger partial charge in [-0.25, -0.2) is 13.1 Å². The van der Waals surface area contributed by atoms with Crippen molar-refractivity contribution in [3.8, 4) is 22.7 Å². The lowest BCUT2D eigenvalue weighted by Crippen LogP contribution is -2.21. The van der Waals surface area contributed by atoms with Crippen LogP contribution in [0.25, 0.3) is 16.9 Å². The summed E-state index contributed by atoms with van der Waals surface area (Å²) in [6.07, 6.45) is -0.113. The Morgan fingerprint density at radius 1 is 1.12 bits per heavy atom. The van der Waals surface area contributed by atoms with Gasteiger partial charge in [-0.05, 0) is 37.1 Å². The lowest BCUT2D eigenvalue weighted by molar-refractivity contribution is -0.115. The number of anilines is 1. The average Bonchev–Trinajstić information content (AvgIpc) is 3.15. The number of para-hydroxylation sites is 1. The van der Waals surface area contributed by atoms with Crippen LogP contribution in [-0.4, -0.2) is 42.7 Å². The Balaban J connectivity index is 1.90. The van der Waals surface area contributed by atoms with Crippen molar-refractivity contribution >= 4 is 21.6 Å². The number of aryl methyl sites for hydroxylation is 1. The second-order valence-corrected chi connectivity index (χ2v) is 10.4. The molecule has 1 aromatic heterocycles. The van der Waals surface area contributed by atoms with Crippen LogP contribution in [0, 0.1) is 12.8 Å². The number of hydrogen-bond donors (Lipinski definition) is 1. The fourth-order valence-electron chi connectivity index (χ4n) is 3.39. The fraction of sp³-hybridized carbons (Fsp3) is 0.333. The van der Waals surface area contributed by atoms with Crippen LogP contribution in [-0.2, 0) is 14.6 Å². The van der Waals surface area contributed by atoms with Crippen molar-refractivity contribution in [2.45, 2.75) is 27.2 Å². The summed E-state index contributed by atoms with van der Waals surface area (Å²) in [4.78, 5) is 12.6. The Kier molecular flexibility index (Phi) is 7.35. The lowest BCUT2D eigenvalue weighted by Gasteiger charge is -2.10. The third-order valence-electron chi connectivity index (χ3n) is 4.87. The first-order valence-corrected chi connectivity index (χ1v) is 12.3. The Bertz CT molecular complexity index is 1180. The molecule has 1 N–H and O–H groups in total. The van der Waals surface area contributed by atoms with Gasteiger partial charge in [0.25, 0.3) is 0 Å². The first kappa shape index (κ1) is 23.5. The predicted octanol–water partition coefficient (Wildman–Crippen LogP) is 4.26. The third kappa shape index (κ3) is 5.97. The highest BCUT2D eigenvalue weighted by atomic mass is 32.2. The molecule has 7 nitrogen and oxygen atoms in total. The SMILES string of the molecule is COc1ccccc1-c1cc(NC(=O)CCS(=O)(=O)CC(C)C)n(-c2ccc(C)cc2)n1. The van der Waals surface area contributed by atoms with Gasteiger partial charge in [-0.2, -0.15) is 5.10 Å². The maximum atomic E-state index is 12.6. The molecule has 8 heteroatoms. The molecule has 0 aliphatic heterocycles. The van der Waals surface area contributed by atoms with Crippen LogP contribution in [0.5, 0.6) is 5.75 Å². The molecule has 3 aromatic rings. The number of carbonyl (C=O) groups excluding carboxylic acids is 1. The number of benzene rings is 2. The molecule has 0 spiro atoms. The van der Waals surface area contributed by atoms with E-state index in [0.29, 0.717) is 17.3 Å². The number of sulfone groups is 1. The fourth-order valence-corrected chi connectivity index (χ4v) is 5.06. The monoisotopic (exact) mass is 455 g/mol. The predicted molar refractivity (Wildman–Crippen MR) is 127 cm³/mol. The van der Waals surface area contributed by atoms with Gasteiger partial charge in [-0.3, -0.25) is 4.79 Å². The first-order chi connectivity index (χ1) is 15.2. The average molecular weight is 456 g/mol. The summed E-state index contributed by atoms with van der Waals surface area (Å²) in [5.74, 6) is 0.653. The van der Waals surface area contributed by atoms with Crippen LogP contribution < -0.4 is 10.1 Å². The molecular formula is C24H29N3O4S. The van der Waals surface area contributed by atoms with Gasteiger partial charge < -0.3 is 10.1 Å². The van der Waals surface area contributed by atoms with Crippen LogP contribution in [0.4, 0.5) is 5.82 Å². The minimum absolute atomic E-state index is 0.0226. The van der Waals surface area contributed by atoms with E-state index in [2.05, 4.69) is 5.32 Å². The summed E-state index contributed by atoms with van der Waals surface area (Å²) in [6.45, 7) is 5.68. The zero-order valence-corrected chi connectivity index (χ0v) is 19.6. The van der Waals surface area contributed by atoms with Gasteiger partial charge in [0.2, 0.25) is 5.91 Å². The molecule has 2 aromatic carbocycles. The molecule has 0 saturated heterocycles. The maximum Gasteiger partial charge on any atom is 0.226 e. The molecule has 0 saturated carbocycles. The number of aromatic nitrogens is 2. The Labute approximate surface area is 189 Å². The number of nitrogens with one attached hydrogen (secondary N) is 1. The van der Waals surface area contributed by atoms with Crippen LogP contribution in [0.3, 0.4) is 0 Å². The van der Waals surface area contributed by atoms with Gasteiger partial charge in [0.15, 0.2) is 9.84 Å². The molecule has 0 bridgehead atoms. The number of hydrogen-bond acceptors (Lipinski definition) is 5. The molecule has 32 heavy (non-hydrogen) atoms. The normalized spacial score (nSPS) is 11.5. The van der Waals surface area contributed by atoms with Crippen molar-refractivity contribution in [2.75, 3.05) is 23.9 Å². The van der Waals surface area contributed by atoms with Crippen LogP contribution in [0.1, 0.15) is 25.8 Å². The summed E-state index contributed by atoms with van der Waals surface area (Å²) >= 11 is 0. The summed E-state index contributed by atoms with van der Waals surface area (Å²) in [7, 11) is -1.69. The van der Waals surface area contributed by atoms with E-state index in [4.69, 9.17) is 9.84 Å². The summed E-state index contributed by atoms with van der Waals surface area (Å²) in [5, 5.41) is 7.53. The van der Waals surface area contributed by atoms with E-state index >= 15 is 0 Å². The second kappa shape index (κ2) is 9.99. The molecule has 0 aliphatic rings. The number of ether oxygens (including phenoxy) is 1. The summed E-state index contributed by atoms with van der Waals surface area (Å²) in [6, 6.07) is 17.0. The third-order valence-corrected chi connectivity index (χ3v) is 6.87. The van der Waals surface area contributed by atoms with Crippen molar-refractivity contribution in [3.05, 3.63) is 60.2 Å². The Morgan fingerprint density at radius 2 is 1.81 bits per heavy atom. The number of carbonyl (C=O) groups is 1. The topological polar surface area (TPSA) is 90.3 Å². The first-order valence-electron chi connectivity index (χ1n) is 10.5. The highest BCUT2D eigenvalue weighted by molar-refractivity contribution is 7.91. The van der Waals surface area contributed by atoms with E-state index < -0.39 is 9.84 Å². The lowest BCUT2D eigenvalue weighted by atomic mass is 10.1. The van der Waals surface area contributed by atoms with E-state index in [1.807, 2.05) is 69.3 Å². The summed E-state index contributed by atoms with van der Waals surface area (Å²) in [5.41, 5.74) is 3.30. The minimum atomic E-state index is -3.28. The van der Waals surface area contributed by atoms with E-state index in [-0.39, 0.29) is 29.8 Å². The molecule has 0 atom stereocenters. The standard InChI is InChI=1S/C24H29N3O4S/c1-17(2)16-32(29,30)14-13-24(28)25-23-15-21(20-7-5-6-8-22(20)31-4)26-27(23)19-11-9-18(3)10-12-19/h5-12,15,17H,13-14,16H2,1-4H3,(H,25,28). The van der Waals surface area contributed by atoms with Crippen molar-refractivity contribution in [1.82, 2.24) is 9.78 Å². The smallest absolute Gasteiger partial charge is 0.226 e. The largest absolute Gasteiger partial charge is 0.496 e. The van der Waals surface area contributed by atoms with E-state index in [9.17, 15) is 13.2 Å². The van der Waals surface area contributed by atoms with Gasteiger partial charge in [0.05, 0.1) is 30.0 Å². The molecule has 1 heterocycles. The number of rotatable bonds is 9. The minimum Gasteiger partial charge on any atom is -0.496 e. The quantitative estimate of drug-likeness (QED) is 0.521. The van der Waals surface area contributed by atoms with Gasteiger partial charge in [-0.1, -0.05) is 43.7 Å². The van der Waals surface area contributed by atoms with Crippen LogP contribution in [0.15, 0.2) is 54.6 Å². The van der Waals surface area contributed by atoms with Gasteiger partial charge in [0.1, 0.15) is 11.6 Å². The highest BCUT2D eigenvalue weighted by Crippen LogP contribution is 2.31. The van der Waals surface area contributed by atoms with Crippen LogP contribution in [0.2, 0.25) is 0 Å². The molecule has 0 aliphatic carbocycles. The van der Waals surface area contributed by atoms with E-state index in [1.54, 1.807) is 17.9 Å². The molecule has 170 valence electrons. The van der Waals surface area contributed by atoms with Crippen molar-refractivity contribution < 1.29 is 17.9 Å². The molecule has 1 amide bonds. The molecule has 3 rings (SSSR count). The zero-order valence-electron chi connectivity index (χ0n) is 18.8.